The van der Waals surface area contributed by atoms with E-state index in [9.17, 15) is 9.59 Å². The number of carboxylic acids is 1. The van der Waals surface area contributed by atoms with Crippen molar-refractivity contribution >= 4 is 53.2 Å². The lowest BCUT2D eigenvalue weighted by Gasteiger charge is -2.33. The summed E-state index contributed by atoms with van der Waals surface area (Å²) in [7, 11) is 0. The van der Waals surface area contributed by atoms with E-state index in [1.165, 1.54) is 0 Å². The SMILES string of the molecule is CC(C(=O)Nc1cc(Cl)ccc1Cl)N1CCC(C(=O)O)CC1.Cl. The molecule has 8 heteroatoms. The summed E-state index contributed by atoms with van der Waals surface area (Å²) in [5, 5.41) is 12.7. The molecular weight excluding hydrogens is 363 g/mol. The highest BCUT2D eigenvalue weighted by Crippen LogP contribution is 2.26. The first-order chi connectivity index (χ1) is 10.4. The van der Waals surface area contributed by atoms with Gasteiger partial charge in [0.2, 0.25) is 5.91 Å². The number of hydrogen-bond acceptors (Lipinski definition) is 3. The van der Waals surface area contributed by atoms with Crippen LogP contribution in [0, 0.1) is 5.92 Å². The van der Waals surface area contributed by atoms with Crippen LogP contribution in [0.1, 0.15) is 19.8 Å². The van der Waals surface area contributed by atoms with E-state index in [-0.39, 0.29) is 30.3 Å². The molecule has 1 amide bonds. The van der Waals surface area contributed by atoms with Gasteiger partial charge in [0.05, 0.1) is 22.7 Å². The van der Waals surface area contributed by atoms with Gasteiger partial charge >= 0.3 is 5.97 Å². The van der Waals surface area contributed by atoms with E-state index in [1.807, 2.05) is 4.90 Å². The molecule has 1 heterocycles. The van der Waals surface area contributed by atoms with E-state index >= 15 is 0 Å². The molecule has 128 valence electrons. The van der Waals surface area contributed by atoms with Gasteiger partial charge in [-0.2, -0.15) is 0 Å². The van der Waals surface area contributed by atoms with Gasteiger partial charge in [0.1, 0.15) is 0 Å². The van der Waals surface area contributed by atoms with Gasteiger partial charge in [-0.1, -0.05) is 23.2 Å². The third kappa shape index (κ3) is 5.24. The van der Waals surface area contributed by atoms with Crippen molar-refractivity contribution in [3.05, 3.63) is 28.2 Å². The molecule has 0 spiro atoms. The number of piperidine rings is 1. The summed E-state index contributed by atoms with van der Waals surface area (Å²) in [5.74, 6) is -1.26. The molecular formula is C15H19Cl3N2O3. The molecule has 1 aromatic rings. The van der Waals surface area contributed by atoms with Crippen LogP contribution in [-0.4, -0.2) is 41.0 Å². The van der Waals surface area contributed by atoms with Crippen LogP contribution in [0.5, 0.6) is 0 Å². The number of rotatable bonds is 4. The molecule has 1 aliphatic rings. The molecule has 1 fully saturated rings. The fourth-order valence-corrected chi connectivity index (χ4v) is 2.87. The van der Waals surface area contributed by atoms with Crippen molar-refractivity contribution in [1.29, 1.82) is 0 Å². The fourth-order valence-electron chi connectivity index (χ4n) is 2.53. The largest absolute Gasteiger partial charge is 0.481 e. The van der Waals surface area contributed by atoms with Gasteiger partial charge in [-0.05, 0) is 51.1 Å². The Labute approximate surface area is 151 Å². The Balaban J connectivity index is 0.00000264. The van der Waals surface area contributed by atoms with Crippen LogP contribution < -0.4 is 5.32 Å². The average molecular weight is 382 g/mol. The Bertz CT molecular complexity index is 575. The van der Waals surface area contributed by atoms with Crippen LogP contribution in [0.2, 0.25) is 10.0 Å². The highest BCUT2D eigenvalue weighted by atomic mass is 35.5. The molecule has 0 radical (unpaired) electrons. The predicted octanol–water partition coefficient (Wildman–Crippen LogP) is 3.54. The zero-order valence-corrected chi connectivity index (χ0v) is 14.9. The summed E-state index contributed by atoms with van der Waals surface area (Å²) < 4.78 is 0. The van der Waals surface area contributed by atoms with Crippen molar-refractivity contribution in [2.75, 3.05) is 18.4 Å². The van der Waals surface area contributed by atoms with Gasteiger partial charge in [-0.25, -0.2) is 0 Å². The normalized spacial score (nSPS) is 17.2. The van der Waals surface area contributed by atoms with Crippen molar-refractivity contribution in [3.63, 3.8) is 0 Å². The zero-order chi connectivity index (χ0) is 16.3. The molecule has 1 saturated heterocycles. The Morgan fingerprint density at radius 1 is 1.30 bits per heavy atom. The molecule has 5 nitrogen and oxygen atoms in total. The Morgan fingerprint density at radius 2 is 1.91 bits per heavy atom. The topological polar surface area (TPSA) is 69.6 Å². The molecule has 0 aromatic heterocycles. The number of benzene rings is 1. The molecule has 0 aliphatic carbocycles. The lowest BCUT2D eigenvalue weighted by molar-refractivity contribution is -0.143. The van der Waals surface area contributed by atoms with E-state index in [2.05, 4.69) is 5.32 Å². The maximum absolute atomic E-state index is 12.3. The number of halogens is 3. The van der Waals surface area contributed by atoms with Crippen LogP contribution in [0.15, 0.2) is 18.2 Å². The number of carbonyl (C=O) groups excluding carboxylic acids is 1. The minimum absolute atomic E-state index is 0. The molecule has 2 rings (SSSR count). The van der Waals surface area contributed by atoms with Crippen molar-refractivity contribution in [2.45, 2.75) is 25.8 Å². The molecule has 1 aliphatic heterocycles. The summed E-state index contributed by atoms with van der Waals surface area (Å²) >= 11 is 11.9. The Hall–Kier alpha value is -1.01. The molecule has 23 heavy (non-hydrogen) atoms. The highest BCUT2D eigenvalue weighted by molar-refractivity contribution is 6.35. The third-order valence-corrected chi connectivity index (χ3v) is 4.56. The summed E-state index contributed by atoms with van der Waals surface area (Å²) in [6.45, 7) is 2.98. The minimum atomic E-state index is -0.762. The second-order valence-corrected chi connectivity index (χ2v) is 6.28. The smallest absolute Gasteiger partial charge is 0.306 e. The van der Waals surface area contributed by atoms with Crippen LogP contribution >= 0.6 is 35.6 Å². The van der Waals surface area contributed by atoms with E-state index in [0.717, 1.165) is 0 Å². The van der Waals surface area contributed by atoms with Crippen molar-refractivity contribution < 1.29 is 14.7 Å². The summed E-state index contributed by atoms with van der Waals surface area (Å²) in [5.41, 5.74) is 0.478. The maximum Gasteiger partial charge on any atom is 0.306 e. The molecule has 0 bridgehead atoms. The average Bonchev–Trinajstić information content (AvgIpc) is 2.50. The van der Waals surface area contributed by atoms with Crippen LogP contribution in [-0.2, 0) is 9.59 Å². The van der Waals surface area contributed by atoms with Crippen molar-refractivity contribution in [2.24, 2.45) is 5.92 Å². The maximum atomic E-state index is 12.3. The van der Waals surface area contributed by atoms with E-state index in [0.29, 0.717) is 41.7 Å². The molecule has 1 aromatic carbocycles. The van der Waals surface area contributed by atoms with Crippen LogP contribution in [0.25, 0.3) is 0 Å². The molecule has 1 unspecified atom stereocenters. The summed E-state index contributed by atoms with van der Waals surface area (Å²) in [6.07, 6.45) is 1.12. The van der Waals surface area contributed by atoms with Gasteiger partial charge in [-0.15, -0.1) is 12.4 Å². The zero-order valence-electron chi connectivity index (χ0n) is 12.6. The fraction of sp³-hybridized carbons (Fsp3) is 0.467. The summed E-state index contributed by atoms with van der Waals surface area (Å²) in [4.78, 5) is 25.2. The van der Waals surface area contributed by atoms with E-state index < -0.39 is 5.97 Å². The molecule has 2 N–H and O–H groups in total. The van der Waals surface area contributed by atoms with E-state index in [4.69, 9.17) is 28.3 Å². The van der Waals surface area contributed by atoms with Gasteiger partial charge in [-0.3, -0.25) is 14.5 Å². The number of carbonyl (C=O) groups is 2. The van der Waals surface area contributed by atoms with Crippen molar-refractivity contribution in [3.8, 4) is 0 Å². The quantitative estimate of drug-likeness (QED) is 0.837. The Morgan fingerprint density at radius 3 is 2.48 bits per heavy atom. The molecule has 0 saturated carbocycles. The number of hydrogen-bond donors (Lipinski definition) is 2. The summed E-state index contributed by atoms with van der Waals surface area (Å²) in [6, 6.07) is 4.53. The van der Waals surface area contributed by atoms with Gasteiger partial charge in [0.15, 0.2) is 0 Å². The number of nitrogens with zero attached hydrogens (tertiary/aromatic N) is 1. The monoisotopic (exact) mass is 380 g/mol. The number of nitrogens with one attached hydrogen (secondary N) is 1. The highest BCUT2D eigenvalue weighted by Gasteiger charge is 2.29. The van der Waals surface area contributed by atoms with Gasteiger partial charge in [0, 0.05) is 5.02 Å². The first kappa shape index (κ1) is 20.0. The predicted molar refractivity (Wildman–Crippen MR) is 93.7 cm³/mol. The van der Waals surface area contributed by atoms with Crippen LogP contribution in [0.3, 0.4) is 0 Å². The standard InChI is InChI=1S/C15H18Cl2N2O3.ClH/c1-9(19-6-4-10(5-7-19)15(21)22)14(20)18-13-8-11(16)2-3-12(13)17;/h2-3,8-10H,4-7H2,1H3,(H,18,20)(H,21,22);1H. The molecule has 1 atom stereocenters. The number of aliphatic carboxylic acids is 1. The van der Waals surface area contributed by atoms with Crippen LogP contribution in [0.4, 0.5) is 5.69 Å². The lowest BCUT2D eigenvalue weighted by Crippen LogP contribution is -2.47. The van der Waals surface area contributed by atoms with Gasteiger partial charge in [0.25, 0.3) is 0 Å². The van der Waals surface area contributed by atoms with Crippen molar-refractivity contribution in [1.82, 2.24) is 4.90 Å². The first-order valence-electron chi connectivity index (χ1n) is 7.11. The Kier molecular flexibility index (Phi) is 7.61. The minimum Gasteiger partial charge on any atom is -0.481 e. The number of anilines is 1. The number of carboxylic acid groups (broad SMARTS) is 1. The third-order valence-electron chi connectivity index (χ3n) is 3.99. The number of likely N-dealkylation sites (tertiary alicyclic amines) is 1. The second-order valence-electron chi connectivity index (χ2n) is 5.44. The van der Waals surface area contributed by atoms with E-state index in [1.54, 1.807) is 25.1 Å². The second kappa shape index (κ2) is 8.73. The van der Waals surface area contributed by atoms with Gasteiger partial charge < -0.3 is 10.4 Å². The first-order valence-corrected chi connectivity index (χ1v) is 7.87. The lowest BCUT2D eigenvalue weighted by atomic mass is 9.96. The number of amides is 1.